The SMILES string of the molecule is CN(C)C1(c2cccc(O)c2)CCC1. The van der Waals surface area contributed by atoms with Crippen LogP contribution in [0.15, 0.2) is 24.3 Å². The molecule has 1 saturated carbocycles. The number of aromatic hydroxyl groups is 1. The standard InChI is InChI=1S/C12H17NO/c1-13(2)12(7-4-8-12)10-5-3-6-11(14)9-10/h3,5-6,9,14H,4,7-8H2,1-2H3. The van der Waals surface area contributed by atoms with Crippen molar-refractivity contribution in [3.05, 3.63) is 29.8 Å². The largest absolute Gasteiger partial charge is 0.508 e. The van der Waals surface area contributed by atoms with Gasteiger partial charge in [-0.2, -0.15) is 0 Å². The minimum atomic E-state index is 0.179. The number of rotatable bonds is 2. The predicted molar refractivity (Wildman–Crippen MR) is 57.3 cm³/mol. The summed E-state index contributed by atoms with van der Waals surface area (Å²) in [5.41, 5.74) is 1.42. The van der Waals surface area contributed by atoms with Crippen molar-refractivity contribution in [3.63, 3.8) is 0 Å². The van der Waals surface area contributed by atoms with Crippen molar-refractivity contribution in [1.82, 2.24) is 4.90 Å². The highest BCUT2D eigenvalue weighted by atomic mass is 16.3. The molecule has 76 valence electrons. The van der Waals surface area contributed by atoms with Crippen LogP contribution in [0.4, 0.5) is 0 Å². The minimum absolute atomic E-state index is 0.179. The lowest BCUT2D eigenvalue weighted by Crippen LogP contribution is -2.46. The van der Waals surface area contributed by atoms with Gasteiger partial charge < -0.3 is 5.11 Å². The molecular weight excluding hydrogens is 174 g/mol. The van der Waals surface area contributed by atoms with E-state index in [0.717, 1.165) is 0 Å². The molecule has 1 aromatic carbocycles. The molecule has 2 rings (SSSR count). The van der Waals surface area contributed by atoms with Crippen LogP contribution in [0.25, 0.3) is 0 Å². The van der Waals surface area contributed by atoms with Crippen LogP contribution >= 0.6 is 0 Å². The molecule has 0 aliphatic heterocycles. The Morgan fingerprint density at radius 2 is 2.00 bits per heavy atom. The Hall–Kier alpha value is -1.02. The topological polar surface area (TPSA) is 23.5 Å². The van der Waals surface area contributed by atoms with Crippen molar-refractivity contribution < 1.29 is 5.11 Å². The molecule has 0 amide bonds. The first-order valence-corrected chi connectivity index (χ1v) is 5.12. The van der Waals surface area contributed by atoms with Gasteiger partial charge in [-0.1, -0.05) is 12.1 Å². The van der Waals surface area contributed by atoms with Crippen LogP contribution in [0.5, 0.6) is 5.75 Å². The third kappa shape index (κ3) is 1.30. The molecule has 1 fully saturated rings. The van der Waals surface area contributed by atoms with Gasteiger partial charge in [0.25, 0.3) is 0 Å². The van der Waals surface area contributed by atoms with Crippen LogP contribution in [-0.4, -0.2) is 24.1 Å². The Labute approximate surface area is 85.2 Å². The van der Waals surface area contributed by atoms with E-state index in [9.17, 15) is 5.11 Å². The van der Waals surface area contributed by atoms with Gasteiger partial charge in [-0.05, 0) is 51.1 Å². The Balaban J connectivity index is 2.37. The average Bonchev–Trinajstić information content (AvgIpc) is 2.00. The highest BCUT2D eigenvalue weighted by Crippen LogP contribution is 2.45. The zero-order valence-corrected chi connectivity index (χ0v) is 8.83. The van der Waals surface area contributed by atoms with E-state index in [1.165, 1.54) is 24.8 Å². The first-order chi connectivity index (χ1) is 6.65. The molecule has 1 aromatic rings. The summed E-state index contributed by atoms with van der Waals surface area (Å²) in [4.78, 5) is 2.27. The van der Waals surface area contributed by atoms with Gasteiger partial charge in [-0.25, -0.2) is 0 Å². The fourth-order valence-corrected chi connectivity index (χ4v) is 2.30. The smallest absolute Gasteiger partial charge is 0.115 e. The van der Waals surface area contributed by atoms with Crippen molar-refractivity contribution in [1.29, 1.82) is 0 Å². The maximum Gasteiger partial charge on any atom is 0.115 e. The zero-order valence-electron chi connectivity index (χ0n) is 8.83. The summed E-state index contributed by atoms with van der Waals surface area (Å²) in [7, 11) is 4.23. The molecule has 0 saturated heterocycles. The molecule has 1 aliphatic carbocycles. The number of phenolic OH excluding ortho intramolecular Hbond substituents is 1. The van der Waals surface area contributed by atoms with E-state index in [0.29, 0.717) is 5.75 Å². The van der Waals surface area contributed by atoms with Gasteiger partial charge >= 0.3 is 0 Å². The number of phenols is 1. The molecule has 0 heterocycles. The highest BCUT2D eigenvalue weighted by Gasteiger charge is 2.40. The molecule has 0 unspecified atom stereocenters. The molecule has 0 spiro atoms. The predicted octanol–water partition coefficient (Wildman–Crippen LogP) is 2.33. The summed E-state index contributed by atoms with van der Waals surface area (Å²) in [6.07, 6.45) is 3.68. The van der Waals surface area contributed by atoms with Crippen LogP contribution in [0.3, 0.4) is 0 Å². The number of hydrogen-bond donors (Lipinski definition) is 1. The molecule has 1 N–H and O–H groups in total. The van der Waals surface area contributed by atoms with Gasteiger partial charge in [-0.15, -0.1) is 0 Å². The second-order valence-corrected chi connectivity index (χ2v) is 4.33. The normalized spacial score (nSPS) is 19.4. The Morgan fingerprint density at radius 3 is 2.43 bits per heavy atom. The number of nitrogens with zero attached hydrogens (tertiary/aromatic N) is 1. The lowest BCUT2D eigenvalue weighted by Gasteiger charge is -2.47. The van der Waals surface area contributed by atoms with Crippen molar-refractivity contribution in [2.45, 2.75) is 24.8 Å². The van der Waals surface area contributed by atoms with Crippen LogP contribution in [0.1, 0.15) is 24.8 Å². The summed E-state index contributed by atoms with van der Waals surface area (Å²) in [5, 5.41) is 9.46. The Bertz CT molecular complexity index is 329. The zero-order chi connectivity index (χ0) is 10.2. The molecule has 0 atom stereocenters. The van der Waals surface area contributed by atoms with Crippen molar-refractivity contribution in [2.75, 3.05) is 14.1 Å². The molecule has 1 aliphatic rings. The Kier molecular flexibility index (Phi) is 2.23. The van der Waals surface area contributed by atoms with Crippen LogP contribution < -0.4 is 0 Å². The summed E-state index contributed by atoms with van der Waals surface area (Å²) < 4.78 is 0. The molecule has 0 bridgehead atoms. The molecule has 14 heavy (non-hydrogen) atoms. The van der Waals surface area contributed by atoms with E-state index >= 15 is 0 Å². The van der Waals surface area contributed by atoms with E-state index in [-0.39, 0.29) is 5.54 Å². The fourth-order valence-electron chi connectivity index (χ4n) is 2.30. The van der Waals surface area contributed by atoms with Crippen LogP contribution in [0, 0.1) is 0 Å². The molecule has 2 nitrogen and oxygen atoms in total. The summed E-state index contributed by atoms with van der Waals surface area (Å²) >= 11 is 0. The summed E-state index contributed by atoms with van der Waals surface area (Å²) in [6, 6.07) is 7.65. The van der Waals surface area contributed by atoms with Crippen LogP contribution in [0.2, 0.25) is 0 Å². The van der Waals surface area contributed by atoms with E-state index < -0.39 is 0 Å². The fraction of sp³-hybridized carbons (Fsp3) is 0.500. The third-order valence-corrected chi connectivity index (χ3v) is 3.42. The third-order valence-electron chi connectivity index (χ3n) is 3.42. The van der Waals surface area contributed by atoms with Gasteiger partial charge in [0.2, 0.25) is 0 Å². The summed E-state index contributed by atoms with van der Waals surface area (Å²) in [6.45, 7) is 0. The van der Waals surface area contributed by atoms with E-state index in [1.54, 1.807) is 6.07 Å². The molecular formula is C12H17NO. The maximum absolute atomic E-state index is 9.46. The maximum atomic E-state index is 9.46. The highest BCUT2D eigenvalue weighted by molar-refractivity contribution is 5.34. The number of hydrogen-bond acceptors (Lipinski definition) is 2. The van der Waals surface area contributed by atoms with Gasteiger partial charge in [-0.3, -0.25) is 4.90 Å². The average molecular weight is 191 g/mol. The second-order valence-electron chi connectivity index (χ2n) is 4.33. The van der Waals surface area contributed by atoms with Crippen molar-refractivity contribution in [2.24, 2.45) is 0 Å². The lowest BCUT2D eigenvalue weighted by atomic mass is 9.71. The van der Waals surface area contributed by atoms with Crippen molar-refractivity contribution in [3.8, 4) is 5.75 Å². The molecule has 2 heteroatoms. The van der Waals surface area contributed by atoms with E-state index in [1.807, 2.05) is 12.1 Å². The van der Waals surface area contributed by atoms with Gasteiger partial charge in [0, 0.05) is 5.54 Å². The quantitative estimate of drug-likeness (QED) is 0.775. The minimum Gasteiger partial charge on any atom is -0.508 e. The lowest BCUT2D eigenvalue weighted by molar-refractivity contribution is 0.0575. The van der Waals surface area contributed by atoms with Gasteiger partial charge in [0.05, 0.1) is 0 Å². The van der Waals surface area contributed by atoms with E-state index in [2.05, 4.69) is 25.1 Å². The monoisotopic (exact) mass is 191 g/mol. The molecule has 0 aromatic heterocycles. The second kappa shape index (κ2) is 3.28. The van der Waals surface area contributed by atoms with Crippen LogP contribution in [-0.2, 0) is 5.54 Å². The first-order valence-electron chi connectivity index (χ1n) is 5.12. The summed E-state index contributed by atoms with van der Waals surface area (Å²) in [5.74, 6) is 0.371. The first kappa shape index (κ1) is 9.53. The van der Waals surface area contributed by atoms with Gasteiger partial charge in [0.1, 0.15) is 5.75 Å². The van der Waals surface area contributed by atoms with Gasteiger partial charge in [0.15, 0.2) is 0 Å². The van der Waals surface area contributed by atoms with E-state index in [4.69, 9.17) is 0 Å². The Morgan fingerprint density at radius 1 is 1.29 bits per heavy atom. The number of benzene rings is 1. The van der Waals surface area contributed by atoms with Crippen molar-refractivity contribution >= 4 is 0 Å². The molecule has 0 radical (unpaired) electrons.